The number of rotatable bonds is 7. The van der Waals surface area contributed by atoms with Crippen LogP contribution in [0, 0.1) is 0 Å². The van der Waals surface area contributed by atoms with Gasteiger partial charge in [0.2, 0.25) is 0 Å². The van der Waals surface area contributed by atoms with Gasteiger partial charge in [-0.2, -0.15) is 0 Å². The van der Waals surface area contributed by atoms with Gasteiger partial charge in [-0.3, -0.25) is 0 Å². The van der Waals surface area contributed by atoms with Crippen LogP contribution in [0.5, 0.6) is 23.0 Å². The van der Waals surface area contributed by atoms with Crippen LogP contribution in [-0.4, -0.2) is 33.5 Å². The highest BCUT2D eigenvalue weighted by molar-refractivity contribution is 5.96. The van der Waals surface area contributed by atoms with Crippen LogP contribution in [0.25, 0.3) is 21.5 Å². The zero-order chi connectivity index (χ0) is 25.3. The molecule has 0 radical (unpaired) electrons. The topological polar surface area (TPSA) is 57.2 Å². The second kappa shape index (κ2) is 9.44. The van der Waals surface area contributed by atoms with Gasteiger partial charge in [0, 0.05) is 21.9 Å². The number of hydrogen-bond acceptors (Lipinski definition) is 5. The lowest BCUT2D eigenvalue weighted by atomic mass is 9.76. The predicted molar refractivity (Wildman–Crippen MR) is 143 cm³/mol. The van der Waals surface area contributed by atoms with E-state index in [9.17, 15) is 5.11 Å². The van der Waals surface area contributed by atoms with Crippen LogP contribution in [0.1, 0.15) is 16.7 Å². The lowest BCUT2D eigenvalue weighted by molar-refractivity contribution is 0.120. The Morgan fingerprint density at radius 2 is 1.17 bits per heavy atom. The zero-order valence-corrected chi connectivity index (χ0v) is 20.7. The summed E-state index contributed by atoms with van der Waals surface area (Å²) in [5, 5.41) is 16.5. The standard InChI is InChI=1S/C31H28O5/c1-33-26-15-9-13-23-22(26)16-17-28(35-3)30(23)31(32,21-11-6-5-7-12-21)25-19-24-20(18-29(25)36-4)10-8-14-27(24)34-2/h5-19,32H,1-4H3. The molecule has 1 N–H and O–H groups in total. The molecule has 5 aromatic carbocycles. The van der Waals surface area contributed by atoms with Gasteiger partial charge in [0.1, 0.15) is 28.6 Å². The van der Waals surface area contributed by atoms with Crippen molar-refractivity contribution in [3.63, 3.8) is 0 Å². The molecule has 1 atom stereocenters. The molecule has 1 unspecified atom stereocenters. The third-order valence-electron chi connectivity index (χ3n) is 6.75. The van der Waals surface area contributed by atoms with E-state index in [0.29, 0.717) is 39.7 Å². The van der Waals surface area contributed by atoms with E-state index in [0.717, 1.165) is 21.5 Å². The van der Waals surface area contributed by atoms with E-state index in [1.807, 2.05) is 91.0 Å². The van der Waals surface area contributed by atoms with Crippen LogP contribution in [-0.2, 0) is 5.60 Å². The Labute approximate surface area is 210 Å². The Morgan fingerprint density at radius 1 is 0.528 bits per heavy atom. The molecule has 0 aliphatic carbocycles. The zero-order valence-electron chi connectivity index (χ0n) is 20.7. The van der Waals surface area contributed by atoms with Crippen molar-refractivity contribution in [2.45, 2.75) is 5.60 Å². The Balaban J connectivity index is 1.97. The molecule has 0 fully saturated rings. The van der Waals surface area contributed by atoms with Crippen molar-refractivity contribution in [1.82, 2.24) is 0 Å². The monoisotopic (exact) mass is 480 g/mol. The first kappa shape index (κ1) is 23.5. The molecule has 182 valence electrons. The summed E-state index contributed by atoms with van der Waals surface area (Å²) < 4.78 is 23.0. The largest absolute Gasteiger partial charge is 0.496 e. The van der Waals surface area contributed by atoms with E-state index in [4.69, 9.17) is 18.9 Å². The lowest BCUT2D eigenvalue weighted by Gasteiger charge is -2.34. The minimum Gasteiger partial charge on any atom is -0.496 e. The van der Waals surface area contributed by atoms with Crippen molar-refractivity contribution in [2.24, 2.45) is 0 Å². The maximum atomic E-state index is 13.0. The quantitative estimate of drug-likeness (QED) is 0.277. The molecule has 0 aliphatic rings. The third kappa shape index (κ3) is 3.60. The van der Waals surface area contributed by atoms with Crippen molar-refractivity contribution in [3.8, 4) is 23.0 Å². The molecule has 0 spiro atoms. The molecular weight excluding hydrogens is 452 g/mol. The van der Waals surface area contributed by atoms with Crippen LogP contribution >= 0.6 is 0 Å². The van der Waals surface area contributed by atoms with Crippen molar-refractivity contribution in [1.29, 1.82) is 0 Å². The molecule has 0 amide bonds. The highest BCUT2D eigenvalue weighted by Crippen LogP contribution is 2.49. The fourth-order valence-corrected chi connectivity index (χ4v) is 5.05. The highest BCUT2D eigenvalue weighted by atomic mass is 16.5. The van der Waals surface area contributed by atoms with E-state index in [1.165, 1.54) is 0 Å². The normalized spacial score (nSPS) is 12.8. The maximum Gasteiger partial charge on any atom is 0.148 e. The van der Waals surface area contributed by atoms with E-state index in [2.05, 4.69) is 0 Å². The fourth-order valence-electron chi connectivity index (χ4n) is 5.05. The van der Waals surface area contributed by atoms with Crippen LogP contribution in [0.3, 0.4) is 0 Å². The van der Waals surface area contributed by atoms with Crippen molar-refractivity contribution >= 4 is 21.5 Å². The molecule has 5 nitrogen and oxygen atoms in total. The molecule has 0 heterocycles. The predicted octanol–water partition coefficient (Wildman–Crippen LogP) is 6.31. The molecular formula is C31H28O5. The van der Waals surface area contributed by atoms with Gasteiger partial charge in [-0.1, -0.05) is 54.6 Å². The molecule has 0 saturated heterocycles. The Bertz CT molecular complexity index is 1540. The number of methoxy groups -OCH3 is 4. The summed E-state index contributed by atoms with van der Waals surface area (Å²) in [5.41, 5.74) is 0.201. The van der Waals surface area contributed by atoms with Crippen LogP contribution in [0.4, 0.5) is 0 Å². The number of ether oxygens (including phenoxy) is 4. The van der Waals surface area contributed by atoms with E-state index < -0.39 is 5.60 Å². The van der Waals surface area contributed by atoms with Gasteiger partial charge in [0.15, 0.2) is 0 Å². The molecule has 0 aromatic heterocycles. The first-order chi connectivity index (χ1) is 17.6. The lowest BCUT2D eigenvalue weighted by Crippen LogP contribution is -2.30. The minimum absolute atomic E-state index is 0.545. The van der Waals surface area contributed by atoms with Crippen LogP contribution < -0.4 is 18.9 Å². The second-order valence-corrected chi connectivity index (χ2v) is 8.51. The molecule has 5 aromatic rings. The smallest absolute Gasteiger partial charge is 0.148 e. The molecule has 0 aliphatic heterocycles. The molecule has 5 rings (SSSR count). The van der Waals surface area contributed by atoms with E-state index >= 15 is 0 Å². The van der Waals surface area contributed by atoms with Gasteiger partial charge < -0.3 is 24.1 Å². The second-order valence-electron chi connectivity index (χ2n) is 8.51. The summed E-state index contributed by atoms with van der Waals surface area (Å²) >= 11 is 0. The van der Waals surface area contributed by atoms with Gasteiger partial charge in [-0.15, -0.1) is 0 Å². The van der Waals surface area contributed by atoms with Gasteiger partial charge in [0.05, 0.1) is 28.4 Å². The molecule has 36 heavy (non-hydrogen) atoms. The molecule has 0 saturated carbocycles. The number of fused-ring (bicyclic) bond motifs is 2. The Morgan fingerprint density at radius 3 is 1.83 bits per heavy atom. The highest BCUT2D eigenvalue weighted by Gasteiger charge is 2.41. The first-order valence-corrected chi connectivity index (χ1v) is 11.6. The summed E-state index contributed by atoms with van der Waals surface area (Å²) in [6.07, 6.45) is 0. The molecule has 5 heteroatoms. The van der Waals surface area contributed by atoms with Gasteiger partial charge >= 0.3 is 0 Å². The number of benzene rings is 5. The van der Waals surface area contributed by atoms with Crippen molar-refractivity contribution in [3.05, 3.63) is 108 Å². The average Bonchev–Trinajstić information content (AvgIpc) is 2.95. The van der Waals surface area contributed by atoms with Gasteiger partial charge in [-0.05, 0) is 52.7 Å². The van der Waals surface area contributed by atoms with Crippen LogP contribution in [0.15, 0.2) is 91.0 Å². The summed E-state index contributed by atoms with van der Waals surface area (Å²) in [5.74, 6) is 2.51. The van der Waals surface area contributed by atoms with Crippen LogP contribution in [0.2, 0.25) is 0 Å². The summed E-state index contributed by atoms with van der Waals surface area (Å²) in [4.78, 5) is 0. The minimum atomic E-state index is -1.64. The summed E-state index contributed by atoms with van der Waals surface area (Å²) in [7, 11) is 6.50. The third-order valence-corrected chi connectivity index (χ3v) is 6.75. The maximum absolute atomic E-state index is 13.0. The van der Waals surface area contributed by atoms with Gasteiger partial charge in [-0.25, -0.2) is 0 Å². The van der Waals surface area contributed by atoms with Crippen molar-refractivity contribution < 1.29 is 24.1 Å². The van der Waals surface area contributed by atoms with E-state index in [1.54, 1.807) is 28.4 Å². The number of aliphatic hydroxyl groups is 1. The first-order valence-electron chi connectivity index (χ1n) is 11.6. The Kier molecular flexibility index (Phi) is 6.17. The average molecular weight is 481 g/mol. The summed E-state index contributed by atoms with van der Waals surface area (Å²) in [6, 6.07) is 28.9. The summed E-state index contributed by atoms with van der Waals surface area (Å²) in [6.45, 7) is 0. The van der Waals surface area contributed by atoms with Crippen molar-refractivity contribution in [2.75, 3.05) is 28.4 Å². The van der Waals surface area contributed by atoms with E-state index in [-0.39, 0.29) is 0 Å². The van der Waals surface area contributed by atoms with Gasteiger partial charge in [0.25, 0.3) is 0 Å². The Hall–Kier alpha value is -4.22. The fraction of sp³-hybridized carbons (Fsp3) is 0.161. The SMILES string of the molecule is COc1cc2cccc(OC)c2cc1C(O)(c1ccccc1)c1c(OC)ccc2c(OC)cccc12. The molecule has 0 bridgehead atoms. The number of hydrogen-bond donors (Lipinski definition) is 1.